The molecule has 0 saturated carbocycles. The molecule has 0 aromatic carbocycles. The van der Waals surface area contributed by atoms with Gasteiger partial charge in [0.05, 0.1) is 44.2 Å². The average Bonchev–Trinajstić information content (AvgIpc) is 2.45. The topological polar surface area (TPSA) is 47.9 Å². The van der Waals surface area contributed by atoms with E-state index in [1.54, 1.807) is 6.92 Å². The van der Waals surface area contributed by atoms with Crippen LogP contribution in [0.25, 0.3) is 0 Å². The fourth-order valence-corrected chi connectivity index (χ4v) is 1.94. The molecule has 0 aromatic rings. The lowest BCUT2D eigenvalue weighted by atomic mass is 10.1. The summed E-state index contributed by atoms with van der Waals surface area (Å²) in [5.74, 6) is 0. The number of unbranched alkanes of at least 4 members (excludes halogenated alkanes) is 3. The number of ether oxygens (including phenoxy) is 3. The molecule has 128 valence electrons. The SMILES string of the molecule is CCCCCCC(C)OCC(C)OCC(C)OCC(C)O. The minimum atomic E-state index is -0.429. The van der Waals surface area contributed by atoms with Gasteiger partial charge in [-0.05, 0) is 34.1 Å². The summed E-state index contributed by atoms with van der Waals surface area (Å²) in [6.45, 7) is 11.5. The van der Waals surface area contributed by atoms with E-state index in [0.29, 0.717) is 25.9 Å². The first-order chi connectivity index (χ1) is 9.95. The van der Waals surface area contributed by atoms with Gasteiger partial charge in [0, 0.05) is 0 Å². The minimum Gasteiger partial charge on any atom is -0.391 e. The van der Waals surface area contributed by atoms with E-state index in [-0.39, 0.29) is 12.2 Å². The van der Waals surface area contributed by atoms with Crippen molar-refractivity contribution in [3.05, 3.63) is 0 Å². The van der Waals surface area contributed by atoms with Crippen LogP contribution in [-0.2, 0) is 14.2 Å². The van der Waals surface area contributed by atoms with E-state index in [4.69, 9.17) is 19.3 Å². The van der Waals surface area contributed by atoms with Crippen LogP contribution in [0.4, 0.5) is 0 Å². The number of hydrogen-bond donors (Lipinski definition) is 1. The van der Waals surface area contributed by atoms with Crippen LogP contribution in [-0.4, -0.2) is 49.3 Å². The smallest absolute Gasteiger partial charge is 0.0781 e. The van der Waals surface area contributed by atoms with Crippen molar-refractivity contribution in [2.75, 3.05) is 19.8 Å². The maximum Gasteiger partial charge on any atom is 0.0781 e. The van der Waals surface area contributed by atoms with Gasteiger partial charge >= 0.3 is 0 Å². The number of aliphatic hydroxyl groups is 1. The second-order valence-corrected chi connectivity index (χ2v) is 6.13. The van der Waals surface area contributed by atoms with Gasteiger partial charge in [-0.1, -0.05) is 32.6 Å². The Morgan fingerprint density at radius 2 is 1.24 bits per heavy atom. The van der Waals surface area contributed by atoms with E-state index in [2.05, 4.69) is 13.8 Å². The highest BCUT2D eigenvalue weighted by Crippen LogP contribution is 2.09. The summed E-state index contributed by atoms with van der Waals surface area (Å²) in [7, 11) is 0. The molecule has 21 heavy (non-hydrogen) atoms. The first-order valence-corrected chi connectivity index (χ1v) is 8.48. The molecule has 0 fully saturated rings. The molecule has 0 aliphatic carbocycles. The van der Waals surface area contributed by atoms with Crippen LogP contribution in [0.2, 0.25) is 0 Å². The quantitative estimate of drug-likeness (QED) is 0.499. The fraction of sp³-hybridized carbons (Fsp3) is 1.00. The van der Waals surface area contributed by atoms with Crippen molar-refractivity contribution in [2.45, 2.75) is 91.1 Å². The maximum absolute atomic E-state index is 9.14. The highest BCUT2D eigenvalue weighted by Gasteiger charge is 2.10. The van der Waals surface area contributed by atoms with Gasteiger partial charge in [-0.25, -0.2) is 0 Å². The van der Waals surface area contributed by atoms with E-state index in [1.807, 2.05) is 13.8 Å². The van der Waals surface area contributed by atoms with Gasteiger partial charge < -0.3 is 19.3 Å². The summed E-state index contributed by atoms with van der Waals surface area (Å²) in [4.78, 5) is 0. The molecule has 0 heterocycles. The minimum absolute atomic E-state index is 0.00600. The molecule has 0 radical (unpaired) electrons. The molecule has 1 N–H and O–H groups in total. The first kappa shape index (κ1) is 20.8. The summed E-state index contributed by atoms with van der Waals surface area (Å²) < 4.78 is 16.9. The molecule has 0 aliphatic rings. The Balaban J connectivity index is 3.53. The molecule has 0 rings (SSSR count). The lowest BCUT2D eigenvalue weighted by Crippen LogP contribution is -2.26. The molecule has 0 amide bonds. The molecule has 4 nitrogen and oxygen atoms in total. The maximum atomic E-state index is 9.14. The van der Waals surface area contributed by atoms with Crippen molar-refractivity contribution >= 4 is 0 Å². The van der Waals surface area contributed by atoms with Crippen molar-refractivity contribution in [3.63, 3.8) is 0 Å². The van der Waals surface area contributed by atoms with Gasteiger partial charge in [-0.3, -0.25) is 0 Å². The second kappa shape index (κ2) is 13.5. The molecule has 0 saturated heterocycles. The highest BCUT2D eigenvalue weighted by atomic mass is 16.6. The third-order valence-corrected chi connectivity index (χ3v) is 3.32. The molecule has 0 aliphatic heterocycles. The fourth-order valence-electron chi connectivity index (χ4n) is 1.94. The largest absolute Gasteiger partial charge is 0.391 e. The van der Waals surface area contributed by atoms with Gasteiger partial charge in [0.25, 0.3) is 0 Å². The average molecular weight is 304 g/mol. The zero-order chi connectivity index (χ0) is 16.1. The van der Waals surface area contributed by atoms with Gasteiger partial charge in [-0.15, -0.1) is 0 Å². The second-order valence-electron chi connectivity index (χ2n) is 6.13. The van der Waals surface area contributed by atoms with Gasteiger partial charge in [-0.2, -0.15) is 0 Å². The van der Waals surface area contributed by atoms with Crippen molar-refractivity contribution in [1.82, 2.24) is 0 Å². The Morgan fingerprint density at radius 1 is 0.714 bits per heavy atom. The van der Waals surface area contributed by atoms with Crippen molar-refractivity contribution in [2.24, 2.45) is 0 Å². The zero-order valence-electron chi connectivity index (χ0n) is 14.6. The van der Waals surface area contributed by atoms with Crippen LogP contribution in [0.3, 0.4) is 0 Å². The Kier molecular flexibility index (Phi) is 13.4. The van der Waals surface area contributed by atoms with Crippen LogP contribution < -0.4 is 0 Å². The molecule has 0 aromatic heterocycles. The van der Waals surface area contributed by atoms with Gasteiger partial charge in [0.1, 0.15) is 0 Å². The summed E-state index contributed by atoms with van der Waals surface area (Å²) in [6.07, 6.45) is 6.20. The summed E-state index contributed by atoms with van der Waals surface area (Å²) in [6, 6.07) is 0. The molecule has 4 heteroatoms. The van der Waals surface area contributed by atoms with Crippen molar-refractivity contribution < 1.29 is 19.3 Å². The highest BCUT2D eigenvalue weighted by molar-refractivity contribution is 4.57. The monoisotopic (exact) mass is 304 g/mol. The molecular weight excluding hydrogens is 268 g/mol. The predicted molar refractivity (Wildman–Crippen MR) is 86.7 cm³/mol. The summed E-state index contributed by atoms with van der Waals surface area (Å²) in [5, 5.41) is 9.14. The molecule has 0 bridgehead atoms. The molecule has 4 unspecified atom stereocenters. The Hall–Kier alpha value is -0.160. The predicted octanol–water partition coefficient (Wildman–Crippen LogP) is 3.55. The normalized spacial score (nSPS) is 17.4. The van der Waals surface area contributed by atoms with Crippen LogP contribution >= 0.6 is 0 Å². The van der Waals surface area contributed by atoms with Gasteiger partial charge in [0.2, 0.25) is 0 Å². The third-order valence-electron chi connectivity index (χ3n) is 3.32. The van der Waals surface area contributed by atoms with Crippen molar-refractivity contribution in [3.8, 4) is 0 Å². The first-order valence-electron chi connectivity index (χ1n) is 8.48. The Morgan fingerprint density at radius 3 is 1.76 bits per heavy atom. The van der Waals surface area contributed by atoms with E-state index < -0.39 is 6.10 Å². The number of hydrogen-bond acceptors (Lipinski definition) is 4. The van der Waals surface area contributed by atoms with E-state index in [0.717, 1.165) is 6.42 Å². The Labute approximate surface area is 131 Å². The summed E-state index contributed by atoms with van der Waals surface area (Å²) >= 11 is 0. The standard InChI is InChI=1S/C17H36O4/c1-6-7-8-9-10-15(3)20-12-17(5)21-13-16(4)19-11-14(2)18/h14-18H,6-13H2,1-5H3. The molecule has 4 atom stereocenters. The van der Waals surface area contributed by atoms with Gasteiger partial charge in [0.15, 0.2) is 0 Å². The van der Waals surface area contributed by atoms with Crippen LogP contribution in [0.15, 0.2) is 0 Å². The number of aliphatic hydroxyl groups excluding tert-OH is 1. The Bertz CT molecular complexity index is 221. The van der Waals surface area contributed by atoms with E-state index in [9.17, 15) is 0 Å². The molecular formula is C17H36O4. The van der Waals surface area contributed by atoms with Crippen molar-refractivity contribution in [1.29, 1.82) is 0 Å². The third kappa shape index (κ3) is 14.5. The number of rotatable bonds is 14. The zero-order valence-corrected chi connectivity index (χ0v) is 14.6. The summed E-state index contributed by atoms with van der Waals surface area (Å²) in [5.41, 5.74) is 0. The van der Waals surface area contributed by atoms with E-state index >= 15 is 0 Å². The van der Waals surface area contributed by atoms with Crippen LogP contribution in [0.1, 0.15) is 66.7 Å². The molecule has 0 spiro atoms. The lowest BCUT2D eigenvalue weighted by Gasteiger charge is -2.20. The lowest BCUT2D eigenvalue weighted by molar-refractivity contribution is -0.0786. The van der Waals surface area contributed by atoms with Crippen LogP contribution in [0, 0.1) is 0 Å². The van der Waals surface area contributed by atoms with Crippen LogP contribution in [0.5, 0.6) is 0 Å². The van der Waals surface area contributed by atoms with E-state index in [1.165, 1.54) is 25.7 Å².